The van der Waals surface area contributed by atoms with Crippen LogP contribution in [0.2, 0.25) is 0 Å². The first kappa shape index (κ1) is 15.1. The second kappa shape index (κ2) is 7.99. The Hall–Kier alpha value is -2.81. The predicted octanol–water partition coefficient (Wildman–Crippen LogP) is 4.28. The molecule has 0 saturated heterocycles. The van der Waals surface area contributed by atoms with Gasteiger partial charge < -0.3 is 9.47 Å². The summed E-state index contributed by atoms with van der Waals surface area (Å²) in [6.07, 6.45) is 4.48. The van der Waals surface area contributed by atoms with Crippen LogP contribution in [-0.2, 0) is 13.0 Å². The van der Waals surface area contributed by atoms with E-state index >= 15 is 0 Å². The highest BCUT2D eigenvalue weighted by atomic mass is 16.5. The Labute approximate surface area is 136 Å². The lowest BCUT2D eigenvalue weighted by Crippen LogP contribution is -2.02. The Kier molecular flexibility index (Phi) is 5.25. The normalized spacial score (nSPS) is 10.3. The Morgan fingerprint density at radius 1 is 0.739 bits per heavy atom. The number of aromatic nitrogens is 1. The van der Waals surface area contributed by atoms with Gasteiger partial charge in [0.15, 0.2) is 0 Å². The summed E-state index contributed by atoms with van der Waals surface area (Å²) in [4.78, 5) is 4.10. The number of benzene rings is 2. The van der Waals surface area contributed by atoms with Crippen molar-refractivity contribution in [3.8, 4) is 11.5 Å². The van der Waals surface area contributed by atoms with Gasteiger partial charge in [0.1, 0.15) is 18.1 Å². The summed E-state index contributed by atoms with van der Waals surface area (Å²) in [6, 6.07) is 21.9. The third-order valence-corrected chi connectivity index (χ3v) is 3.44. The zero-order valence-corrected chi connectivity index (χ0v) is 12.9. The second-order valence-electron chi connectivity index (χ2n) is 5.21. The number of rotatable bonds is 7. The fourth-order valence-electron chi connectivity index (χ4n) is 2.23. The molecule has 1 heterocycles. The van der Waals surface area contributed by atoms with Gasteiger partial charge in [-0.15, -0.1) is 0 Å². The van der Waals surface area contributed by atoms with E-state index in [0.717, 1.165) is 23.5 Å². The van der Waals surface area contributed by atoms with Gasteiger partial charge in [0.25, 0.3) is 0 Å². The van der Waals surface area contributed by atoms with Crippen molar-refractivity contribution in [2.24, 2.45) is 0 Å². The van der Waals surface area contributed by atoms with E-state index in [1.54, 1.807) is 6.20 Å². The van der Waals surface area contributed by atoms with E-state index in [-0.39, 0.29) is 0 Å². The minimum absolute atomic E-state index is 0.556. The third kappa shape index (κ3) is 4.85. The van der Waals surface area contributed by atoms with Gasteiger partial charge in [0.2, 0.25) is 0 Å². The molecule has 116 valence electrons. The molecule has 3 rings (SSSR count). The van der Waals surface area contributed by atoms with E-state index in [1.807, 2.05) is 66.9 Å². The number of hydrogen-bond acceptors (Lipinski definition) is 3. The maximum atomic E-state index is 5.81. The molecule has 0 spiro atoms. The number of ether oxygens (including phenoxy) is 2. The summed E-state index contributed by atoms with van der Waals surface area (Å²) in [5.74, 6) is 1.63. The van der Waals surface area contributed by atoms with Crippen molar-refractivity contribution in [2.45, 2.75) is 13.0 Å². The van der Waals surface area contributed by atoms with Gasteiger partial charge in [-0.1, -0.05) is 42.5 Å². The maximum absolute atomic E-state index is 5.81. The molecule has 0 aliphatic heterocycles. The monoisotopic (exact) mass is 305 g/mol. The van der Waals surface area contributed by atoms with E-state index in [1.165, 1.54) is 5.56 Å². The summed E-state index contributed by atoms with van der Waals surface area (Å²) in [7, 11) is 0. The molecule has 2 aromatic carbocycles. The van der Waals surface area contributed by atoms with E-state index in [0.29, 0.717) is 13.2 Å². The van der Waals surface area contributed by atoms with Crippen LogP contribution in [0.25, 0.3) is 0 Å². The van der Waals surface area contributed by atoms with Gasteiger partial charge in [0.05, 0.1) is 6.61 Å². The van der Waals surface area contributed by atoms with Crippen LogP contribution < -0.4 is 9.47 Å². The summed E-state index contributed by atoms with van der Waals surface area (Å²) in [6.45, 7) is 1.17. The number of nitrogens with zero attached hydrogens (tertiary/aromatic N) is 1. The van der Waals surface area contributed by atoms with Crippen molar-refractivity contribution in [3.63, 3.8) is 0 Å². The van der Waals surface area contributed by atoms with Crippen molar-refractivity contribution in [2.75, 3.05) is 6.61 Å². The molecule has 23 heavy (non-hydrogen) atoms. The standard InChI is InChI=1S/C20H19NO2/c1-2-6-18(7-3-1)16-23-20-10-4-9-19(14-20)22-13-11-17-8-5-12-21-15-17/h1-10,12,14-15H,11,13,16H2. The average molecular weight is 305 g/mol. The van der Waals surface area contributed by atoms with Gasteiger partial charge in [-0.05, 0) is 29.3 Å². The van der Waals surface area contributed by atoms with Gasteiger partial charge in [-0.3, -0.25) is 4.98 Å². The Morgan fingerprint density at radius 2 is 1.52 bits per heavy atom. The van der Waals surface area contributed by atoms with Crippen LogP contribution >= 0.6 is 0 Å². The van der Waals surface area contributed by atoms with Crippen molar-refractivity contribution < 1.29 is 9.47 Å². The molecule has 0 atom stereocenters. The van der Waals surface area contributed by atoms with Crippen molar-refractivity contribution >= 4 is 0 Å². The molecule has 3 nitrogen and oxygen atoms in total. The third-order valence-electron chi connectivity index (χ3n) is 3.44. The van der Waals surface area contributed by atoms with Crippen LogP contribution in [0, 0.1) is 0 Å². The summed E-state index contributed by atoms with van der Waals surface area (Å²) >= 11 is 0. The maximum Gasteiger partial charge on any atom is 0.123 e. The highest BCUT2D eigenvalue weighted by molar-refractivity contribution is 5.33. The highest BCUT2D eigenvalue weighted by Gasteiger charge is 2.00. The molecule has 0 unspecified atom stereocenters. The molecule has 3 heteroatoms. The lowest BCUT2D eigenvalue weighted by molar-refractivity contribution is 0.296. The van der Waals surface area contributed by atoms with Crippen molar-refractivity contribution in [1.82, 2.24) is 4.98 Å². The van der Waals surface area contributed by atoms with E-state index in [2.05, 4.69) is 11.1 Å². The number of pyridine rings is 1. The SMILES string of the molecule is c1ccc(COc2cccc(OCCc3cccnc3)c2)cc1. The van der Waals surface area contributed by atoms with E-state index < -0.39 is 0 Å². The van der Waals surface area contributed by atoms with Gasteiger partial charge >= 0.3 is 0 Å². The van der Waals surface area contributed by atoms with Gasteiger partial charge in [-0.2, -0.15) is 0 Å². The minimum Gasteiger partial charge on any atom is -0.493 e. The van der Waals surface area contributed by atoms with Crippen LogP contribution in [0.1, 0.15) is 11.1 Å². The van der Waals surface area contributed by atoms with Crippen LogP contribution in [0.4, 0.5) is 0 Å². The van der Waals surface area contributed by atoms with Crippen molar-refractivity contribution in [1.29, 1.82) is 0 Å². The van der Waals surface area contributed by atoms with Crippen LogP contribution in [0.3, 0.4) is 0 Å². The van der Waals surface area contributed by atoms with Gasteiger partial charge in [0, 0.05) is 24.9 Å². The molecule has 0 aliphatic rings. The molecule has 0 bridgehead atoms. The highest BCUT2D eigenvalue weighted by Crippen LogP contribution is 2.20. The Bertz CT molecular complexity index is 714. The molecule has 0 aliphatic carbocycles. The summed E-state index contributed by atoms with van der Waals surface area (Å²) in [5, 5.41) is 0. The molecule has 0 N–H and O–H groups in total. The Balaban J connectivity index is 1.51. The van der Waals surface area contributed by atoms with Crippen LogP contribution in [0.15, 0.2) is 79.1 Å². The quantitative estimate of drug-likeness (QED) is 0.653. The molecule has 0 saturated carbocycles. The van der Waals surface area contributed by atoms with E-state index in [9.17, 15) is 0 Å². The fraction of sp³-hybridized carbons (Fsp3) is 0.150. The van der Waals surface area contributed by atoms with Crippen molar-refractivity contribution in [3.05, 3.63) is 90.3 Å². The van der Waals surface area contributed by atoms with Crippen LogP contribution in [-0.4, -0.2) is 11.6 Å². The molecule has 0 fully saturated rings. The second-order valence-corrected chi connectivity index (χ2v) is 5.21. The number of hydrogen-bond donors (Lipinski definition) is 0. The molecular formula is C20H19NO2. The summed E-state index contributed by atoms with van der Waals surface area (Å²) < 4.78 is 11.6. The summed E-state index contributed by atoms with van der Waals surface area (Å²) in [5.41, 5.74) is 2.32. The minimum atomic E-state index is 0.556. The smallest absolute Gasteiger partial charge is 0.123 e. The lowest BCUT2D eigenvalue weighted by Gasteiger charge is -2.09. The topological polar surface area (TPSA) is 31.4 Å². The fourth-order valence-corrected chi connectivity index (χ4v) is 2.23. The first-order valence-corrected chi connectivity index (χ1v) is 7.69. The molecular weight excluding hydrogens is 286 g/mol. The average Bonchev–Trinajstić information content (AvgIpc) is 2.62. The molecule has 3 aromatic rings. The zero-order valence-electron chi connectivity index (χ0n) is 12.9. The largest absolute Gasteiger partial charge is 0.493 e. The van der Waals surface area contributed by atoms with Crippen LogP contribution in [0.5, 0.6) is 11.5 Å². The Morgan fingerprint density at radius 3 is 2.30 bits per heavy atom. The molecule has 1 aromatic heterocycles. The molecule has 0 radical (unpaired) electrons. The first-order chi connectivity index (χ1) is 11.4. The lowest BCUT2D eigenvalue weighted by atomic mass is 10.2. The van der Waals surface area contributed by atoms with Gasteiger partial charge in [-0.25, -0.2) is 0 Å². The first-order valence-electron chi connectivity index (χ1n) is 7.69. The predicted molar refractivity (Wildman–Crippen MR) is 90.7 cm³/mol. The molecule has 0 amide bonds. The van der Waals surface area contributed by atoms with E-state index in [4.69, 9.17) is 9.47 Å². The zero-order chi connectivity index (χ0) is 15.7.